The minimum Gasteiger partial charge on any atom is -0.493 e. The first-order valence-corrected chi connectivity index (χ1v) is 9.98. The number of ether oxygens (including phenoxy) is 3. The lowest BCUT2D eigenvalue weighted by atomic mass is 10.3. The van der Waals surface area contributed by atoms with Crippen molar-refractivity contribution in [3.05, 3.63) is 18.2 Å². The van der Waals surface area contributed by atoms with Crippen LogP contribution in [0.4, 0.5) is 5.69 Å². The smallest absolute Gasteiger partial charge is 0.195 e. The van der Waals surface area contributed by atoms with Crippen LogP contribution >= 0.6 is 0 Å². The lowest BCUT2D eigenvalue weighted by molar-refractivity contribution is 0.157. The van der Waals surface area contributed by atoms with Gasteiger partial charge in [-0.15, -0.1) is 0 Å². The second-order valence-electron chi connectivity index (χ2n) is 5.20. The summed E-state index contributed by atoms with van der Waals surface area (Å²) in [7, 11) is 0.165. The average molecular weight is 373 g/mol. The Bertz CT molecular complexity index is 662. The van der Waals surface area contributed by atoms with Crippen molar-refractivity contribution in [3.8, 4) is 11.5 Å². The molecule has 0 aliphatic rings. The van der Waals surface area contributed by atoms with Crippen LogP contribution in [0.3, 0.4) is 0 Å². The normalized spacial score (nSPS) is 11.9. The second-order valence-corrected chi connectivity index (χ2v) is 7.46. The highest BCUT2D eigenvalue weighted by Gasteiger charge is 2.06. The molecule has 0 fully saturated rings. The van der Waals surface area contributed by atoms with Gasteiger partial charge in [0.15, 0.2) is 17.5 Å². The number of anilines is 1. The van der Waals surface area contributed by atoms with E-state index < -0.39 is 9.84 Å². The van der Waals surface area contributed by atoms with Gasteiger partial charge in [0.25, 0.3) is 0 Å². The summed E-state index contributed by atoms with van der Waals surface area (Å²) in [5, 5.41) is 6.30. The molecule has 0 atom stereocenters. The van der Waals surface area contributed by atoms with Crippen molar-refractivity contribution in [2.75, 3.05) is 57.8 Å². The Balaban J connectivity index is 2.58. The summed E-state index contributed by atoms with van der Waals surface area (Å²) < 4.78 is 37.8. The average Bonchev–Trinajstić information content (AvgIpc) is 2.57. The van der Waals surface area contributed by atoms with E-state index in [-0.39, 0.29) is 12.4 Å². The van der Waals surface area contributed by atoms with Gasteiger partial charge in [0.2, 0.25) is 0 Å². The van der Waals surface area contributed by atoms with Crippen molar-refractivity contribution in [3.63, 3.8) is 0 Å². The van der Waals surface area contributed by atoms with E-state index in [4.69, 9.17) is 14.2 Å². The van der Waals surface area contributed by atoms with E-state index in [9.17, 15) is 8.42 Å². The highest BCUT2D eigenvalue weighted by Crippen LogP contribution is 2.29. The van der Waals surface area contributed by atoms with Gasteiger partial charge in [0.05, 0.1) is 39.7 Å². The Labute approximate surface area is 149 Å². The molecule has 0 aliphatic carbocycles. The molecule has 0 spiro atoms. The molecule has 0 saturated carbocycles. The highest BCUT2D eigenvalue weighted by molar-refractivity contribution is 7.90. The fourth-order valence-electron chi connectivity index (χ4n) is 1.89. The Kier molecular flexibility index (Phi) is 9.07. The van der Waals surface area contributed by atoms with Crippen molar-refractivity contribution in [1.29, 1.82) is 0 Å². The van der Waals surface area contributed by atoms with Gasteiger partial charge in [-0.2, -0.15) is 0 Å². The van der Waals surface area contributed by atoms with E-state index in [1.54, 1.807) is 20.3 Å². The van der Waals surface area contributed by atoms with Crippen LogP contribution in [-0.4, -0.2) is 66.9 Å². The number of sulfone groups is 1. The summed E-state index contributed by atoms with van der Waals surface area (Å²) in [6, 6.07) is 5.48. The summed E-state index contributed by atoms with van der Waals surface area (Å²) in [5.41, 5.74) is 0.801. The number of methoxy groups -OCH3 is 2. The predicted molar refractivity (Wildman–Crippen MR) is 99.7 cm³/mol. The molecule has 9 heteroatoms. The number of hydrogen-bond acceptors (Lipinski definition) is 6. The van der Waals surface area contributed by atoms with Gasteiger partial charge in [-0.05, 0) is 19.1 Å². The molecule has 0 unspecified atom stereocenters. The lowest BCUT2D eigenvalue weighted by Gasteiger charge is -2.13. The van der Waals surface area contributed by atoms with E-state index in [1.807, 2.05) is 19.1 Å². The summed E-state index contributed by atoms with van der Waals surface area (Å²) in [6.45, 7) is 3.60. The quantitative estimate of drug-likeness (QED) is 0.360. The van der Waals surface area contributed by atoms with Crippen LogP contribution in [-0.2, 0) is 14.6 Å². The number of guanidine groups is 1. The van der Waals surface area contributed by atoms with E-state index in [1.165, 1.54) is 6.26 Å². The molecule has 0 bridgehead atoms. The van der Waals surface area contributed by atoms with Crippen molar-refractivity contribution in [2.45, 2.75) is 6.92 Å². The molecular formula is C16H27N3O5S. The van der Waals surface area contributed by atoms with Gasteiger partial charge < -0.3 is 24.8 Å². The van der Waals surface area contributed by atoms with E-state index in [2.05, 4.69) is 15.6 Å². The standard InChI is InChI=1S/C16H27N3O5S/c1-5-17-16(18-8-9-24-10-11-25(4,20)21)19-13-6-7-14(22-2)15(12-13)23-3/h6-7,12H,5,8-11H2,1-4H3,(H2,17,18,19). The topological polar surface area (TPSA) is 98.3 Å². The molecule has 25 heavy (non-hydrogen) atoms. The van der Waals surface area contributed by atoms with Crippen LogP contribution in [0.2, 0.25) is 0 Å². The van der Waals surface area contributed by atoms with Crippen molar-refractivity contribution in [1.82, 2.24) is 5.32 Å². The molecule has 0 aromatic heterocycles. The minimum absolute atomic E-state index is 0.0146. The van der Waals surface area contributed by atoms with Crippen LogP contribution in [0.5, 0.6) is 11.5 Å². The second kappa shape index (κ2) is 10.8. The fourth-order valence-corrected chi connectivity index (χ4v) is 2.31. The Morgan fingerprint density at radius 1 is 1.16 bits per heavy atom. The van der Waals surface area contributed by atoms with Crippen molar-refractivity contribution < 1.29 is 22.6 Å². The molecule has 142 valence electrons. The Morgan fingerprint density at radius 3 is 2.48 bits per heavy atom. The number of aliphatic imine (C=N–C) groups is 1. The molecule has 1 aromatic carbocycles. The maximum absolute atomic E-state index is 11.0. The van der Waals surface area contributed by atoms with Gasteiger partial charge in [0.1, 0.15) is 9.84 Å². The van der Waals surface area contributed by atoms with Crippen LogP contribution in [0.15, 0.2) is 23.2 Å². The SMILES string of the molecule is CCNC(=NCCOCCS(C)(=O)=O)Nc1ccc(OC)c(OC)c1. The number of hydrogen-bond donors (Lipinski definition) is 2. The molecule has 0 saturated heterocycles. The minimum atomic E-state index is -3.00. The van der Waals surface area contributed by atoms with Crippen LogP contribution < -0.4 is 20.1 Å². The fraction of sp³-hybridized carbons (Fsp3) is 0.562. The van der Waals surface area contributed by atoms with Gasteiger partial charge in [-0.3, -0.25) is 4.99 Å². The van der Waals surface area contributed by atoms with Gasteiger partial charge in [0, 0.05) is 24.6 Å². The number of rotatable bonds is 10. The lowest BCUT2D eigenvalue weighted by Crippen LogP contribution is -2.31. The molecule has 8 nitrogen and oxygen atoms in total. The van der Waals surface area contributed by atoms with Gasteiger partial charge in [-0.25, -0.2) is 8.42 Å². The predicted octanol–water partition coefficient (Wildman–Crippen LogP) is 1.14. The monoisotopic (exact) mass is 373 g/mol. The summed E-state index contributed by atoms with van der Waals surface area (Å²) in [6.07, 6.45) is 1.19. The van der Waals surface area contributed by atoms with E-state index in [0.717, 1.165) is 5.69 Å². The first-order chi connectivity index (χ1) is 11.9. The van der Waals surface area contributed by atoms with Crippen molar-refractivity contribution >= 4 is 21.5 Å². The third-order valence-electron chi connectivity index (χ3n) is 3.09. The molecule has 0 aliphatic heterocycles. The molecule has 1 aromatic rings. The first-order valence-electron chi connectivity index (χ1n) is 7.92. The maximum Gasteiger partial charge on any atom is 0.195 e. The summed E-state index contributed by atoms with van der Waals surface area (Å²) >= 11 is 0. The molecule has 0 amide bonds. The zero-order valence-electron chi connectivity index (χ0n) is 15.2. The Hall–Kier alpha value is -2.00. The number of benzene rings is 1. The third-order valence-corrected chi connectivity index (χ3v) is 4.00. The number of nitrogens with zero attached hydrogens (tertiary/aromatic N) is 1. The summed E-state index contributed by atoms with van der Waals surface area (Å²) in [5.74, 6) is 1.88. The highest BCUT2D eigenvalue weighted by atomic mass is 32.2. The van der Waals surface area contributed by atoms with Gasteiger partial charge >= 0.3 is 0 Å². The van der Waals surface area contributed by atoms with Crippen LogP contribution in [0.1, 0.15) is 6.92 Å². The van der Waals surface area contributed by atoms with Crippen LogP contribution in [0, 0.1) is 0 Å². The zero-order valence-corrected chi connectivity index (χ0v) is 16.0. The van der Waals surface area contributed by atoms with E-state index >= 15 is 0 Å². The zero-order chi connectivity index (χ0) is 18.7. The van der Waals surface area contributed by atoms with Gasteiger partial charge in [-0.1, -0.05) is 0 Å². The third kappa shape index (κ3) is 8.59. The first kappa shape index (κ1) is 21.0. The molecule has 0 heterocycles. The molecule has 1 rings (SSSR count). The van der Waals surface area contributed by atoms with E-state index in [0.29, 0.717) is 37.2 Å². The summed E-state index contributed by atoms with van der Waals surface area (Å²) in [4.78, 5) is 4.39. The van der Waals surface area contributed by atoms with Crippen molar-refractivity contribution in [2.24, 2.45) is 4.99 Å². The Morgan fingerprint density at radius 2 is 1.88 bits per heavy atom. The maximum atomic E-state index is 11.0. The van der Waals surface area contributed by atoms with Crippen LogP contribution in [0.25, 0.3) is 0 Å². The molecule has 2 N–H and O–H groups in total. The molecule has 0 radical (unpaired) electrons. The molecular weight excluding hydrogens is 346 g/mol. The number of nitrogens with one attached hydrogen (secondary N) is 2. The largest absolute Gasteiger partial charge is 0.493 e.